The van der Waals surface area contributed by atoms with Crippen molar-refractivity contribution in [2.45, 2.75) is 13.3 Å². The number of para-hydroxylation sites is 1. The maximum absolute atomic E-state index is 5.41. The van der Waals surface area contributed by atoms with Crippen molar-refractivity contribution in [3.8, 4) is 5.75 Å². The zero-order chi connectivity index (χ0) is 19.3. The van der Waals surface area contributed by atoms with Gasteiger partial charge in [-0.05, 0) is 48.7 Å². The summed E-state index contributed by atoms with van der Waals surface area (Å²) in [7, 11) is 1.65. The van der Waals surface area contributed by atoms with E-state index in [4.69, 9.17) is 4.74 Å². The molecule has 0 atom stereocenters. The molecule has 0 unspecified atom stereocenters. The lowest BCUT2D eigenvalue weighted by Crippen LogP contribution is -2.08. The van der Waals surface area contributed by atoms with Crippen LogP contribution in [0.5, 0.6) is 5.75 Å². The highest BCUT2D eigenvalue weighted by molar-refractivity contribution is 5.83. The SMILES string of the molecule is COc1ccc(C)cc1Nc1nccc(NCCc2c[nH]c3ccccc23)n1. The van der Waals surface area contributed by atoms with Crippen molar-refractivity contribution < 1.29 is 4.74 Å². The van der Waals surface area contributed by atoms with E-state index >= 15 is 0 Å². The van der Waals surface area contributed by atoms with E-state index in [-0.39, 0.29) is 0 Å². The molecule has 6 nitrogen and oxygen atoms in total. The second-order valence-corrected chi connectivity index (χ2v) is 6.63. The Kier molecular flexibility index (Phi) is 5.10. The highest BCUT2D eigenvalue weighted by Crippen LogP contribution is 2.27. The van der Waals surface area contributed by atoms with E-state index in [2.05, 4.69) is 50.0 Å². The van der Waals surface area contributed by atoms with E-state index in [1.54, 1.807) is 13.3 Å². The van der Waals surface area contributed by atoms with Gasteiger partial charge in [0.2, 0.25) is 5.95 Å². The predicted molar refractivity (Wildman–Crippen MR) is 114 cm³/mol. The van der Waals surface area contributed by atoms with Crippen molar-refractivity contribution in [1.29, 1.82) is 0 Å². The molecule has 28 heavy (non-hydrogen) atoms. The van der Waals surface area contributed by atoms with E-state index in [0.717, 1.165) is 41.3 Å². The van der Waals surface area contributed by atoms with Crippen LogP contribution >= 0.6 is 0 Å². The number of methoxy groups -OCH3 is 1. The maximum atomic E-state index is 5.41. The van der Waals surface area contributed by atoms with Gasteiger partial charge in [0, 0.05) is 29.8 Å². The van der Waals surface area contributed by atoms with Crippen molar-refractivity contribution >= 4 is 28.4 Å². The van der Waals surface area contributed by atoms with Crippen molar-refractivity contribution in [1.82, 2.24) is 15.0 Å². The minimum atomic E-state index is 0.529. The number of hydrogen-bond donors (Lipinski definition) is 3. The standard InChI is InChI=1S/C22H23N5O/c1-15-7-8-20(28-2)19(13-15)26-22-24-12-10-21(27-22)23-11-9-16-14-25-18-6-4-3-5-17(16)18/h3-8,10,12-14,25H,9,11H2,1-2H3,(H2,23,24,26,27). The van der Waals surface area contributed by atoms with E-state index < -0.39 is 0 Å². The van der Waals surface area contributed by atoms with Gasteiger partial charge in [0.15, 0.2) is 0 Å². The number of aromatic amines is 1. The first kappa shape index (κ1) is 17.9. The molecule has 6 heteroatoms. The van der Waals surface area contributed by atoms with Gasteiger partial charge < -0.3 is 20.4 Å². The summed E-state index contributed by atoms with van der Waals surface area (Å²) in [5.74, 6) is 2.07. The Balaban J connectivity index is 1.42. The van der Waals surface area contributed by atoms with Crippen LogP contribution in [0.1, 0.15) is 11.1 Å². The van der Waals surface area contributed by atoms with Gasteiger partial charge in [-0.25, -0.2) is 4.98 Å². The van der Waals surface area contributed by atoms with Crippen LogP contribution in [-0.4, -0.2) is 28.6 Å². The molecular formula is C22H23N5O. The second kappa shape index (κ2) is 8.00. The molecule has 4 rings (SSSR count). The summed E-state index contributed by atoms with van der Waals surface area (Å²) < 4.78 is 5.41. The molecule has 0 bridgehead atoms. The number of aryl methyl sites for hydroxylation is 1. The van der Waals surface area contributed by atoms with Crippen LogP contribution in [0.4, 0.5) is 17.5 Å². The Hall–Kier alpha value is -3.54. The van der Waals surface area contributed by atoms with E-state index in [1.807, 2.05) is 37.3 Å². The Morgan fingerprint density at radius 3 is 2.89 bits per heavy atom. The lowest BCUT2D eigenvalue weighted by Gasteiger charge is -2.12. The number of ether oxygens (including phenoxy) is 1. The molecule has 2 aromatic carbocycles. The van der Waals surface area contributed by atoms with Gasteiger partial charge in [-0.1, -0.05) is 24.3 Å². The molecule has 0 fully saturated rings. The zero-order valence-electron chi connectivity index (χ0n) is 16.0. The third-order valence-electron chi connectivity index (χ3n) is 4.63. The Bertz CT molecular complexity index is 1090. The van der Waals surface area contributed by atoms with Crippen molar-refractivity contribution in [2.75, 3.05) is 24.3 Å². The maximum Gasteiger partial charge on any atom is 0.229 e. The van der Waals surface area contributed by atoms with Gasteiger partial charge in [-0.15, -0.1) is 0 Å². The quantitative estimate of drug-likeness (QED) is 0.439. The number of H-pyrrole nitrogens is 1. The smallest absolute Gasteiger partial charge is 0.229 e. The average molecular weight is 373 g/mol. The number of hydrogen-bond acceptors (Lipinski definition) is 5. The van der Waals surface area contributed by atoms with Crippen molar-refractivity contribution in [2.24, 2.45) is 0 Å². The fourth-order valence-electron chi connectivity index (χ4n) is 3.22. The van der Waals surface area contributed by atoms with E-state index in [1.165, 1.54) is 10.9 Å². The van der Waals surface area contributed by atoms with E-state index in [0.29, 0.717) is 5.95 Å². The summed E-state index contributed by atoms with van der Waals surface area (Å²) in [6.45, 7) is 2.82. The second-order valence-electron chi connectivity index (χ2n) is 6.63. The predicted octanol–water partition coefficient (Wildman–Crippen LogP) is 4.67. The van der Waals surface area contributed by atoms with Gasteiger partial charge in [0.25, 0.3) is 0 Å². The van der Waals surface area contributed by atoms with Crippen LogP contribution < -0.4 is 15.4 Å². The third-order valence-corrected chi connectivity index (χ3v) is 4.63. The molecule has 4 aromatic rings. The molecule has 0 aliphatic rings. The first-order valence-corrected chi connectivity index (χ1v) is 9.26. The minimum absolute atomic E-state index is 0.529. The van der Waals surface area contributed by atoms with Crippen LogP contribution in [0, 0.1) is 6.92 Å². The molecule has 0 aliphatic carbocycles. The normalized spacial score (nSPS) is 10.8. The van der Waals surface area contributed by atoms with Crippen LogP contribution in [-0.2, 0) is 6.42 Å². The molecule has 0 saturated heterocycles. The molecule has 0 spiro atoms. The number of aromatic nitrogens is 3. The summed E-state index contributed by atoms with van der Waals surface area (Å²) in [4.78, 5) is 12.2. The molecule has 0 radical (unpaired) electrons. The first-order chi connectivity index (χ1) is 13.7. The van der Waals surface area contributed by atoms with Crippen molar-refractivity contribution in [3.05, 3.63) is 72.1 Å². The highest BCUT2D eigenvalue weighted by Gasteiger charge is 2.07. The van der Waals surface area contributed by atoms with Crippen LogP contribution in [0.25, 0.3) is 10.9 Å². The summed E-state index contributed by atoms with van der Waals surface area (Å²) in [6, 6.07) is 16.2. The number of nitrogens with zero attached hydrogens (tertiary/aromatic N) is 2. The molecule has 0 aliphatic heterocycles. The molecule has 0 amide bonds. The van der Waals surface area contributed by atoms with Gasteiger partial charge in [-0.3, -0.25) is 0 Å². The topological polar surface area (TPSA) is 74.9 Å². The lowest BCUT2D eigenvalue weighted by atomic mass is 10.1. The van der Waals surface area contributed by atoms with Crippen LogP contribution in [0.3, 0.4) is 0 Å². The Labute approximate surface area is 164 Å². The van der Waals surface area contributed by atoms with Gasteiger partial charge in [-0.2, -0.15) is 4.98 Å². The monoisotopic (exact) mass is 373 g/mol. The largest absolute Gasteiger partial charge is 0.495 e. The highest BCUT2D eigenvalue weighted by atomic mass is 16.5. The van der Waals surface area contributed by atoms with Crippen LogP contribution in [0.15, 0.2) is 60.9 Å². The molecule has 142 valence electrons. The van der Waals surface area contributed by atoms with Crippen LogP contribution in [0.2, 0.25) is 0 Å². The van der Waals surface area contributed by atoms with Gasteiger partial charge in [0.1, 0.15) is 11.6 Å². The third kappa shape index (κ3) is 3.91. The first-order valence-electron chi connectivity index (χ1n) is 9.26. The number of fused-ring (bicyclic) bond motifs is 1. The Morgan fingerprint density at radius 2 is 2.00 bits per heavy atom. The fourth-order valence-corrected chi connectivity index (χ4v) is 3.22. The van der Waals surface area contributed by atoms with Gasteiger partial charge >= 0.3 is 0 Å². The lowest BCUT2D eigenvalue weighted by molar-refractivity contribution is 0.416. The van der Waals surface area contributed by atoms with Crippen molar-refractivity contribution in [3.63, 3.8) is 0 Å². The molecule has 2 heterocycles. The van der Waals surface area contributed by atoms with E-state index in [9.17, 15) is 0 Å². The summed E-state index contributed by atoms with van der Waals surface area (Å²) in [6.07, 6.45) is 4.72. The minimum Gasteiger partial charge on any atom is -0.495 e. The average Bonchev–Trinajstić information content (AvgIpc) is 3.12. The summed E-state index contributed by atoms with van der Waals surface area (Å²) >= 11 is 0. The zero-order valence-corrected chi connectivity index (χ0v) is 16.0. The summed E-state index contributed by atoms with van der Waals surface area (Å²) in [5, 5.41) is 7.88. The number of benzene rings is 2. The number of nitrogens with one attached hydrogen (secondary N) is 3. The fraction of sp³-hybridized carbons (Fsp3) is 0.182. The Morgan fingerprint density at radius 1 is 1.11 bits per heavy atom. The molecule has 3 N–H and O–H groups in total. The molecule has 0 saturated carbocycles. The number of rotatable bonds is 7. The van der Waals surface area contributed by atoms with Gasteiger partial charge in [0.05, 0.1) is 12.8 Å². The molecule has 2 aromatic heterocycles. The summed E-state index contributed by atoms with van der Waals surface area (Å²) in [5.41, 5.74) is 4.44. The molecular weight excluding hydrogens is 350 g/mol. The number of anilines is 3.